The third-order valence-corrected chi connectivity index (χ3v) is 5.42. The lowest BCUT2D eigenvalue weighted by atomic mass is 10.1. The number of sulfone groups is 1. The molecule has 0 aliphatic carbocycles. The Hall–Kier alpha value is -2.22. The summed E-state index contributed by atoms with van der Waals surface area (Å²) < 4.78 is 41.4. The van der Waals surface area contributed by atoms with Crippen LogP contribution in [-0.4, -0.2) is 43.4 Å². The van der Waals surface area contributed by atoms with Gasteiger partial charge in [-0.2, -0.15) is 0 Å². The van der Waals surface area contributed by atoms with E-state index in [1.54, 1.807) is 43.1 Å². The maximum absolute atomic E-state index is 11.7. The molecule has 0 radical (unpaired) electrons. The SMILES string of the molecule is CCS(=O)(=O)CCn1ccnc1-c1cc2c(cc1OC)OCO2. The van der Waals surface area contributed by atoms with E-state index >= 15 is 0 Å². The van der Waals surface area contributed by atoms with Crippen molar-refractivity contribution in [3.8, 4) is 28.6 Å². The number of rotatable bonds is 6. The summed E-state index contributed by atoms with van der Waals surface area (Å²) in [5, 5.41) is 0. The maximum atomic E-state index is 11.7. The molecule has 3 rings (SSSR count). The lowest BCUT2D eigenvalue weighted by Gasteiger charge is -2.12. The quantitative estimate of drug-likeness (QED) is 0.798. The number of fused-ring (bicyclic) bond motifs is 1. The number of imidazole rings is 1. The first-order valence-electron chi connectivity index (χ1n) is 7.23. The van der Waals surface area contributed by atoms with Crippen molar-refractivity contribution in [1.82, 2.24) is 9.55 Å². The van der Waals surface area contributed by atoms with Crippen LogP contribution in [0, 0.1) is 0 Å². The minimum Gasteiger partial charge on any atom is -0.496 e. The van der Waals surface area contributed by atoms with E-state index in [1.165, 1.54) is 0 Å². The van der Waals surface area contributed by atoms with Gasteiger partial charge in [0.2, 0.25) is 6.79 Å². The number of hydrogen-bond donors (Lipinski definition) is 0. The van der Waals surface area contributed by atoms with Crippen LogP contribution in [0.25, 0.3) is 11.4 Å². The van der Waals surface area contributed by atoms with Crippen molar-refractivity contribution in [1.29, 1.82) is 0 Å². The zero-order valence-electron chi connectivity index (χ0n) is 13.0. The predicted octanol–water partition coefficient (Wildman–Crippen LogP) is 1.72. The molecular weight excluding hydrogens is 320 g/mol. The highest BCUT2D eigenvalue weighted by Gasteiger charge is 2.21. The van der Waals surface area contributed by atoms with E-state index in [-0.39, 0.29) is 18.3 Å². The molecule has 0 saturated heterocycles. The Morgan fingerprint density at radius 1 is 1.30 bits per heavy atom. The Bertz CT molecular complexity index is 813. The van der Waals surface area contributed by atoms with Crippen molar-refractivity contribution in [3.63, 3.8) is 0 Å². The molecule has 1 aromatic carbocycles. The summed E-state index contributed by atoms with van der Waals surface area (Å²) in [5.41, 5.74) is 0.732. The number of hydrogen-bond acceptors (Lipinski definition) is 6. The van der Waals surface area contributed by atoms with Crippen LogP contribution in [0.3, 0.4) is 0 Å². The average molecular weight is 338 g/mol. The van der Waals surface area contributed by atoms with Gasteiger partial charge in [-0.15, -0.1) is 0 Å². The van der Waals surface area contributed by atoms with Gasteiger partial charge in [0.05, 0.1) is 18.4 Å². The summed E-state index contributed by atoms with van der Waals surface area (Å²) >= 11 is 0. The number of aryl methyl sites for hydroxylation is 1. The molecule has 2 heterocycles. The highest BCUT2D eigenvalue weighted by atomic mass is 32.2. The fourth-order valence-electron chi connectivity index (χ4n) is 2.38. The topological polar surface area (TPSA) is 79.7 Å². The molecule has 0 N–H and O–H groups in total. The molecule has 0 unspecified atom stereocenters. The summed E-state index contributed by atoms with van der Waals surface area (Å²) in [6.45, 7) is 2.15. The summed E-state index contributed by atoms with van der Waals surface area (Å²) in [6, 6.07) is 3.55. The molecule has 1 aliphatic heterocycles. The van der Waals surface area contributed by atoms with Crippen molar-refractivity contribution in [3.05, 3.63) is 24.5 Å². The van der Waals surface area contributed by atoms with Gasteiger partial charge < -0.3 is 18.8 Å². The fraction of sp³-hybridized carbons (Fsp3) is 0.400. The molecule has 2 aromatic rings. The molecule has 8 heteroatoms. The van der Waals surface area contributed by atoms with Crippen molar-refractivity contribution >= 4 is 9.84 Å². The molecule has 7 nitrogen and oxygen atoms in total. The predicted molar refractivity (Wildman–Crippen MR) is 84.7 cm³/mol. The number of nitrogens with zero attached hydrogens (tertiary/aromatic N) is 2. The van der Waals surface area contributed by atoms with E-state index in [0.717, 1.165) is 5.56 Å². The zero-order chi connectivity index (χ0) is 16.4. The number of aromatic nitrogens is 2. The van der Waals surface area contributed by atoms with Gasteiger partial charge in [0.15, 0.2) is 21.3 Å². The van der Waals surface area contributed by atoms with Crippen LogP contribution in [0.4, 0.5) is 0 Å². The van der Waals surface area contributed by atoms with Crippen molar-refractivity contribution in [2.45, 2.75) is 13.5 Å². The highest BCUT2D eigenvalue weighted by Crippen LogP contribution is 2.41. The molecule has 0 atom stereocenters. The van der Waals surface area contributed by atoms with Gasteiger partial charge in [0.25, 0.3) is 0 Å². The Labute approximate surface area is 134 Å². The summed E-state index contributed by atoms with van der Waals surface area (Å²) in [6.07, 6.45) is 3.39. The zero-order valence-corrected chi connectivity index (χ0v) is 13.8. The third kappa shape index (κ3) is 3.12. The first kappa shape index (κ1) is 15.7. The van der Waals surface area contributed by atoms with Gasteiger partial charge in [-0.25, -0.2) is 13.4 Å². The second kappa shape index (κ2) is 6.11. The fourth-order valence-corrected chi connectivity index (χ4v) is 3.15. The summed E-state index contributed by atoms with van der Waals surface area (Å²) in [4.78, 5) is 4.34. The lowest BCUT2D eigenvalue weighted by Crippen LogP contribution is -2.15. The Balaban J connectivity index is 1.95. The van der Waals surface area contributed by atoms with Gasteiger partial charge in [-0.05, 0) is 6.07 Å². The number of methoxy groups -OCH3 is 1. The second-order valence-corrected chi connectivity index (χ2v) is 7.56. The maximum Gasteiger partial charge on any atom is 0.231 e. The van der Waals surface area contributed by atoms with E-state index < -0.39 is 9.84 Å². The summed E-state index contributed by atoms with van der Waals surface area (Å²) in [7, 11) is -1.48. The van der Waals surface area contributed by atoms with Gasteiger partial charge in [-0.3, -0.25) is 0 Å². The molecule has 23 heavy (non-hydrogen) atoms. The van der Waals surface area contributed by atoms with Crippen LogP contribution in [0.2, 0.25) is 0 Å². The van der Waals surface area contributed by atoms with E-state index in [4.69, 9.17) is 14.2 Å². The summed E-state index contributed by atoms with van der Waals surface area (Å²) in [5.74, 6) is 2.67. The molecule has 1 aliphatic rings. The van der Waals surface area contributed by atoms with Crippen LogP contribution < -0.4 is 14.2 Å². The lowest BCUT2D eigenvalue weighted by molar-refractivity contribution is 0.174. The van der Waals surface area contributed by atoms with Crippen LogP contribution >= 0.6 is 0 Å². The number of ether oxygens (including phenoxy) is 3. The van der Waals surface area contributed by atoms with Crippen molar-refractivity contribution in [2.24, 2.45) is 0 Å². The smallest absolute Gasteiger partial charge is 0.231 e. The molecule has 0 amide bonds. The molecule has 1 aromatic heterocycles. The third-order valence-electron chi connectivity index (χ3n) is 3.73. The van der Waals surface area contributed by atoms with E-state index in [2.05, 4.69) is 4.98 Å². The van der Waals surface area contributed by atoms with Gasteiger partial charge in [0, 0.05) is 30.8 Å². The molecule has 0 bridgehead atoms. The molecular formula is C15H18N2O5S. The molecule has 0 saturated carbocycles. The van der Waals surface area contributed by atoms with Gasteiger partial charge >= 0.3 is 0 Å². The largest absolute Gasteiger partial charge is 0.496 e. The number of benzene rings is 1. The van der Waals surface area contributed by atoms with Crippen molar-refractivity contribution in [2.75, 3.05) is 25.4 Å². The average Bonchev–Trinajstić information content (AvgIpc) is 3.19. The Morgan fingerprint density at radius 2 is 2.04 bits per heavy atom. The molecule has 0 spiro atoms. The normalized spacial score (nSPS) is 13.3. The minimum atomic E-state index is -3.04. The van der Waals surface area contributed by atoms with Crippen molar-refractivity contribution < 1.29 is 22.6 Å². The van der Waals surface area contributed by atoms with Crippen LogP contribution in [0.15, 0.2) is 24.5 Å². The van der Waals surface area contributed by atoms with Gasteiger partial charge in [-0.1, -0.05) is 6.92 Å². The van der Waals surface area contributed by atoms with E-state index in [1.807, 2.05) is 0 Å². The Morgan fingerprint density at radius 3 is 2.74 bits per heavy atom. The highest BCUT2D eigenvalue weighted by molar-refractivity contribution is 7.91. The second-order valence-electron chi connectivity index (χ2n) is 5.09. The van der Waals surface area contributed by atoms with Gasteiger partial charge in [0.1, 0.15) is 11.6 Å². The molecule has 124 valence electrons. The first-order valence-corrected chi connectivity index (χ1v) is 9.06. The Kier molecular flexibility index (Phi) is 4.16. The van der Waals surface area contributed by atoms with Crippen LogP contribution in [0.5, 0.6) is 17.2 Å². The van der Waals surface area contributed by atoms with E-state index in [9.17, 15) is 8.42 Å². The van der Waals surface area contributed by atoms with Crippen LogP contribution in [0.1, 0.15) is 6.92 Å². The van der Waals surface area contributed by atoms with Crippen LogP contribution in [-0.2, 0) is 16.4 Å². The monoisotopic (exact) mass is 338 g/mol. The minimum absolute atomic E-state index is 0.0692. The standard InChI is InChI=1S/C15H18N2O5S/c1-3-23(18,19)7-6-17-5-4-16-15(17)11-8-13-14(22-10-21-13)9-12(11)20-2/h4-5,8-9H,3,6-7,10H2,1-2H3. The molecule has 0 fully saturated rings. The first-order chi connectivity index (χ1) is 11.0. The van der Waals surface area contributed by atoms with E-state index in [0.29, 0.717) is 29.6 Å².